The quantitative estimate of drug-likeness (QED) is 0.842. The molecule has 0 fully saturated rings. The normalized spacial score (nSPS) is 12.6. The molecule has 0 aliphatic rings. The number of rotatable bonds is 7. The molecule has 1 heterocycles. The van der Waals surface area contributed by atoms with Crippen molar-refractivity contribution in [3.05, 3.63) is 54.0 Å². The molecule has 5 heteroatoms. The van der Waals surface area contributed by atoms with Crippen LogP contribution in [0.3, 0.4) is 0 Å². The average molecular weight is 281 g/mol. The molecule has 0 spiro atoms. The second kappa shape index (κ2) is 7.05. The third kappa shape index (κ3) is 4.35. The second-order valence-electron chi connectivity index (χ2n) is 4.55. The van der Waals surface area contributed by atoms with Gasteiger partial charge in [-0.3, -0.25) is 0 Å². The van der Waals surface area contributed by atoms with E-state index < -0.39 is 6.61 Å². The molecule has 2 aromatic rings. The maximum Gasteiger partial charge on any atom is 0.387 e. The molecule has 3 nitrogen and oxygen atoms in total. The fourth-order valence-electron chi connectivity index (χ4n) is 1.95. The third-order valence-corrected chi connectivity index (χ3v) is 2.92. The minimum Gasteiger partial charge on any atom is -0.469 e. The maximum atomic E-state index is 12.3. The molecule has 1 atom stereocenters. The summed E-state index contributed by atoms with van der Waals surface area (Å²) in [6, 6.07) is 10.7. The van der Waals surface area contributed by atoms with Crippen LogP contribution in [0, 0.1) is 0 Å². The van der Waals surface area contributed by atoms with Gasteiger partial charge < -0.3 is 14.5 Å². The smallest absolute Gasteiger partial charge is 0.387 e. The minimum atomic E-state index is -2.81. The van der Waals surface area contributed by atoms with Gasteiger partial charge in [0.15, 0.2) is 0 Å². The van der Waals surface area contributed by atoms with Crippen molar-refractivity contribution < 1.29 is 17.9 Å². The van der Waals surface area contributed by atoms with Crippen molar-refractivity contribution in [3.63, 3.8) is 0 Å². The van der Waals surface area contributed by atoms with Crippen LogP contribution < -0.4 is 10.1 Å². The van der Waals surface area contributed by atoms with Gasteiger partial charge in [-0.15, -0.1) is 0 Å². The fraction of sp³-hybridized carbons (Fsp3) is 0.333. The summed E-state index contributed by atoms with van der Waals surface area (Å²) >= 11 is 0. The highest BCUT2D eigenvalue weighted by Crippen LogP contribution is 2.20. The van der Waals surface area contributed by atoms with Crippen molar-refractivity contribution in [2.24, 2.45) is 0 Å². The zero-order valence-corrected chi connectivity index (χ0v) is 11.2. The summed E-state index contributed by atoms with van der Waals surface area (Å²) in [7, 11) is 0. The summed E-state index contributed by atoms with van der Waals surface area (Å²) < 4.78 is 34.4. The summed E-state index contributed by atoms with van der Waals surface area (Å²) in [5.41, 5.74) is 0.707. The van der Waals surface area contributed by atoms with Crippen LogP contribution in [-0.4, -0.2) is 12.7 Å². The summed E-state index contributed by atoms with van der Waals surface area (Å²) in [5.74, 6) is 1.10. The van der Waals surface area contributed by atoms with E-state index in [2.05, 4.69) is 10.1 Å². The van der Waals surface area contributed by atoms with Crippen LogP contribution in [0.4, 0.5) is 8.78 Å². The predicted octanol–water partition coefficient (Wildman–Crippen LogP) is 3.60. The van der Waals surface area contributed by atoms with Crippen LogP contribution in [0.2, 0.25) is 0 Å². The van der Waals surface area contributed by atoms with Crippen molar-refractivity contribution in [2.45, 2.75) is 32.5 Å². The number of ether oxygens (including phenoxy) is 1. The van der Waals surface area contributed by atoms with Gasteiger partial charge in [-0.1, -0.05) is 18.2 Å². The molecule has 1 aromatic heterocycles. The van der Waals surface area contributed by atoms with E-state index in [1.54, 1.807) is 30.5 Å². The number of para-hydroxylation sites is 1. The lowest BCUT2D eigenvalue weighted by molar-refractivity contribution is -0.0505. The van der Waals surface area contributed by atoms with Crippen molar-refractivity contribution in [2.75, 3.05) is 0 Å². The van der Waals surface area contributed by atoms with Crippen LogP contribution in [0.5, 0.6) is 5.75 Å². The molecule has 0 amide bonds. The largest absolute Gasteiger partial charge is 0.469 e. The van der Waals surface area contributed by atoms with E-state index in [0.717, 1.165) is 12.2 Å². The molecular formula is C15H17F2NO2. The number of benzene rings is 1. The summed E-state index contributed by atoms with van der Waals surface area (Å²) in [5, 5.41) is 3.27. The highest BCUT2D eigenvalue weighted by atomic mass is 19.3. The lowest BCUT2D eigenvalue weighted by Gasteiger charge is -2.15. The van der Waals surface area contributed by atoms with E-state index in [9.17, 15) is 8.78 Å². The fourth-order valence-corrected chi connectivity index (χ4v) is 1.95. The lowest BCUT2D eigenvalue weighted by atomic mass is 10.1. The van der Waals surface area contributed by atoms with Crippen LogP contribution in [0.15, 0.2) is 47.1 Å². The average Bonchev–Trinajstić information content (AvgIpc) is 2.90. The van der Waals surface area contributed by atoms with Gasteiger partial charge in [0.1, 0.15) is 11.5 Å². The third-order valence-electron chi connectivity index (χ3n) is 2.92. The molecule has 20 heavy (non-hydrogen) atoms. The molecule has 108 valence electrons. The first-order chi connectivity index (χ1) is 9.65. The van der Waals surface area contributed by atoms with Crippen LogP contribution in [0.1, 0.15) is 18.2 Å². The number of hydrogen-bond acceptors (Lipinski definition) is 3. The molecule has 1 aromatic carbocycles. The molecule has 0 aliphatic carbocycles. The first kappa shape index (κ1) is 14.5. The number of hydrogen-bond donors (Lipinski definition) is 1. The molecule has 0 radical (unpaired) electrons. The van der Waals surface area contributed by atoms with Crippen molar-refractivity contribution in [1.29, 1.82) is 0 Å². The van der Waals surface area contributed by atoms with Gasteiger partial charge in [0, 0.05) is 24.6 Å². The molecule has 1 unspecified atom stereocenters. The second-order valence-corrected chi connectivity index (χ2v) is 4.55. The summed E-state index contributed by atoms with van der Waals surface area (Å²) in [6.07, 6.45) is 2.37. The van der Waals surface area contributed by atoms with Crippen LogP contribution in [0.25, 0.3) is 0 Å². The Morgan fingerprint density at radius 3 is 2.70 bits per heavy atom. The summed E-state index contributed by atoms with van der Waals surface area (Å²) in [4.78, 5) is 0. The SMILES string of the molecule is CC(Cc1ccco1)NCc1ccccc1OC(F)F. The Morgan fingerprint density at radius 1 is 1.20 bits per heavy atom. The molecular weight excluding hydrogens is 264 g/mol. The zero-order valence-electron chi connectivity index (χ0n) is 11.2. The molecule has 0 saturated heterocycles. The van der Waals surface area contributed by atoms with Gasteiger partial charge >= 0.3 is 6.61 Å². The van der Waals surface area contributed by atoms with Crippen LogP contribution >= 0.6 is 0 Å². The highest BCUT2D eigenvalue weighted by Gasteiger charge is 2.10. The number of nitrogens with one attached hydrogen (secondary N) is 1. The Hall–Kier alpha value is -1.88. The van der Waals surface area contributed by atoms with E-state index in [-0.39, 0.29) is 11.8 Å². The first-order valence-electron chi connectivity index (χ1n) is 6.43. The zero-order chi connectivity index (χ0) is 14.4. The van der Waals surface area contributed by atoms with Gasteiger partial charge in [0.2, 0.25) is 0 Å². The monoisotopic (exact) mass is 281 g/mol. The maximum absolute atomic E-state index is 12.3. The number of halogens is 2. The van der Waals surface area contributed by atoms with Crippen molar-refractivity contribution >= 4 is 0 Å². The predicted molar refractivity (Wildman–Crippen MR) is 71.8 cm³/mol. The van der Waals surface area contributed by atoms with E-state index in [1.165, 1.54) is 0 Å². The van der Waals surface area contributed by atoms with Gasteiger partial charge in [-0.05, 0) is 25.1 Å². The molecule has 0 saturated carbocycles. The number of alkyl halides is 2. The van der Waals surface area contributed by atoms with E-state index in [1.807, 2.05) is 19.1 Å². The lowest BCUT2D eigenvalue weighted by Crippen LogP contribution is -2.27. The highest BCUT2D eigenvalue weighted by molar-refractivity contribution is 5.33. The molecule has 1 N–H and O–H groups in total. The van der Waals surface area contributed by atoms with E-state index >= 15 is 0 Å². The Kier molecular flexibility index (Phi) is 5.12. The van der Waals surface area contributed by atoms with Crippen molar-refractivity contribution in [3.8, 4) is 5.75 Å². The van der Waals surface area contributed by atoms with Gasteiger partial charge in [0.05, 0.1) is 6.26 Å². The van der Waals surface area contributed by atoms with Crippen molar-refractivity contribution in [1.82, 2.24) is 5.32 Å². The van der Waals surface area contributed by atoms with E-state index in [4.69, 9.17) is 4.42 Å². The Morgan fingerprint density at radius 2 is 2.00 bits per heavy atom. The molecule has 0 aliphatic heterocycles. The first-order valence-corrected chi connectivity index (χ1v) is 6.43. The standard InChI is InChI=1S/C15H17F2NO2/c1-11(9-13-6-4-8-19-13)18-10-12-5-2-3-7-14(12)20-15(16)17/h2-8,11,15,18H,9-10H2,1H3. The minimum absolute atomic E-state index is 0.167. The van der Waals surface area contributed by atoms with Gasteiger partial charge in [-0.2, -0.15) is 8.78 Å². The Balaban J connectivity index is 1.90. The van der Waals surface area contributed by atoms with Crippen LogP contribution in [-0.2, 0) is 13.0 Å². The van der Waals surface area contributed by atoms with Gasteiger partial charge in [0.25, 0.3) is 0 Å². The van der Waals surface area contributed by atoms with E-state index in [0.29, 0.717) is 12.1 Å². The molecule has 2 rings (SSSR count). The van der Waals surface area contributed by atoms with Gasteiger partial charge in [-0.25, -0.2) is 0 Å². The number of furan rings is 1. The Bertz CT molecular complexity index is 514. The Labute approximate surface area is 116 Å². The summed E-state index contributed by atoms with van der Waals surface area (Å²) in [6.45, 7) is -0.333. The molecule has 0 bridgehead atoms. The topological polar surface area (TPSA) is 34.4 Å².